The second-order valence-corrected chi connectivity index (χ2v) is 7.88. The van der Waals surface area contributed by atoms with Gasteiger partial charge in [0.15, 0.2) is 0 Å². The maximum Gasteiger partial charge on any atom is 0.263 e. The second-order valence-electron chi connectivity index (χ2n) is 4.36. The number of anilines is 2. The van der Waals surface area contributed by atoms with E-state index in [-0.39, 0.29) is 15.9 Å². The summed E-state index contributed by atoms with van der Waals surface area (Å²) in [5.74, 6) is -0.361. The lowest BCUT2D eigenvalue weighted by molar-refractivity contribution is -0.115. The monoisotopic (exact) mass is 360 g/mol. The van der Waals surface area contributed by atoms with Gasteiger partial charge >= 0.3 is 0 Å². The van der Waals surface area contributed by atoms with E-state index in [0.717, 1.165) is 11.3 Å². The molecule has 22 heavy (non-hydrogen) atoms. The van der Waals surface area contributed by atoms with Crippen LogP contribution in [0.25, 0.3) is 0 Å². The summed E-state index contributed by atoms with van der Waals surface area (Å²) in [5, 5.41) is 10.2. The average molecular weight is 361 g/mol. The Labute approximate surface area is 136 Å². The van der Waals surface area contributed by atoms with Gasteiger partial charge in [0.2, 0.25) is 11.0 Å². The summed E-state index contributed by atoms with van der Waals surface area (Å²) in [6.07, 6.45) is 0. The minimum atomic E-state index is -3.74. The van der Waals surface area contributed by atoms with Crippen LogP contribution in [-0.2, 0) is 14.8 Å². The first-order valence-corrected chi connectivity index (χ1v) is 8.89. The lowest BCUT2D eigenvalue weighted by Crippen LogP contribution is -2.20. The lowest BCUT2D eigenvalue weighted by Gasteiger charge is -2.08. The summed E-state index contributed by atoms with van der Waals surface area (Å²) < 4.78 is 26.7. The average Bonchev–Trinajstić information content (AvgIpc) is 2.83. The van der Waals surface area contributed by atoms with Crippen molar-refractivity contribution in [2.45, 2.75) is 24.1 Å². The van der Waals surface area contributed by atoms with Gasteiger partial charge in [-0.05, 0) is 38.1 Å². The van der Waals surface area contributed by atoms with Crippen LogP contribution in [0.3, 0.4) is 0 Å². The first-order chi connectivity index (χ1) is 10.3. The van der Waals surface area contributed by atoms with E-state index in [1.807, 2.05) is 0 Å². The quantitative estimate of drug-likeness (QED) is 0.796. The predicted octanol–water partition coefficient (Wildman–Crippen LogP) is 2.21. The molecular formula is C12H13ClN4O3S2. The number of carbonyl (C=O) groups is 1. The van der Waals surface area contributed by atoms with Crippen molar-refractivity contribution in [2.24, 2.45) is 0 Å². The molecule has 1 aromatic carbocycles. The Morgan fingerprint density at radius 1 is 1.27 bits per heavy atom. The zero-order valence-electron chi connectivity index (χ0n) is 11.7. The SMILES string of the molecule is Cc1nnc(NS(=O)(=O)c2ccc(NC(=O)C(C)Cl)cc2)s1. The summed E-state index contributed by atoms with van der Waals surface area (Å²) in [6, 6.07) is 5.73. The Morgan fingerprint density at radius 3 is 2.41 bits per heavy atom. The Morgan fingerprint density at radius 2 is 1.91 bits per heavy atom. The number of benzene rings is 1. The molecule has 2 aromatic rings. The second kappa shape index (κ2) is 6.59. The van der Waals surface area contributed by atoms with Crippen molar-refractivity contribution in [3.05, 3.63) is 29.3 Å². The van der Waals surface area contributed by atoms with E-state index in [1.165, 1.54) is 24.3 Å². The van der Waals surface area contributed by atoms with Gasteiger partial charge in [0.05, 0.1) is 4.90 Å². The van der Waals surface area contributed by atoms with E-state index in [4.69, 9.17) is 11.6 Å². The first-order valence-electron chi connectivity index (χ1n) is 6.16. The molecule has 0 aliphatic rings. The van der Waals surface area contributed by atoms with Crippen LogP contribution >= 0.6 is 22.9 Å². The molecule has 1 unspecified atom stereocenters. The standard InChI is InChI=1S/C12H13ClN4O3S2/c1-7(13)11(18)14-9-3-5-10(6-4-9)22(19,20)17-12-16-15-8(2)21-12/h3-7H,1-2H3,(H,14,18)(H,16,17). The smallest absolute Gasteiger partial charge is 0.263 e. The number of rotatable bonds is 5. The van der Waals surface area contributed by atoms with Crippen molar-refractivity contribution in [1.82, 2.24) is 10.2 Å². The largest absolute Gasteiger partial charge is 0.325 e. The van der Waals surface area contributed by atoms with Crippen LogP contribution in [0, 0.1) is 6.92 Å². The van der Waals surface area contributed by atoms with Crippen LogP contribution in [0.2, 0.25) is 0 Å². The van der Waals surface area contributed by atoms with Gasteiger partial charge < -0.3 is 5.32 Å². The summed E-state index contributed by atoms with van der Waals surface area (Å²) in [4.78, 5) is 11.5. The Kier molecular flexibility index (Phi) is 4.99. The Balaban J connectivity index is 2.13. The summed E-state index contributed by atoms with van der Waals surface area (Å²) in [6.45, 7) is 3.27. The highest BCUT2D eigenvalue weighted by Crippen LogP contribution is 2.20. The van der Waals surface area contributed by atoms with Gasteiger partial charge in [-0.3, -0.25) is 9.52 Å². The van der Waals surface area contributed by atoms with Crippen molar-refractivity contribution in [3.63, 3.8) is 0 Å². The van der Waals surface area contributed by atoms with Crippen LogP contribution in [0.5, 0.6) is 0 Å². The van der Waals surface area contributed by atoms with Crippen molar-refractivity contribution < 1.29 is 13.2 Å². The molecule has 0 aliphatic heterocycles. The number of aryl methyl sites for hydroxylation is 1. The molecule has 2 rings (SSSR count). The van der Waals surface area contributed by atoms with Crippen LogP contribution in [0.4, 0.5) is 10.8 Å². The number of hydrogen-bond donors (Lipinski definition) is 2. The van der Waals surface area contributed by atoms with Gasteiger partial charge in [0, 0.05) is 5.69 Å². The van der Waals surface area contributed by atoms with Gasteiger partial charge in [0.1, 0.15) is 10.4 Å². The number of aromatic nitrogens is 2. The molecule has 10 heteroatoms. The number of hydrogen-bond acceptors (Lipinski definition) is 6. The van der Waals surface area contributed by atoms with Crippen LogP contribution in [0.15, 0.2) is 29.2 Å². The molecule has 1 aromatic heterocycles. The molecule has 0 saturated carbocycles. The van der Waals surface area contributed by atoms with Gasteiger partial charge in [0.25, 0.3) is 10.0 Å². The molecular weight excluding hydrogens is 348 g/mol. The molecule has 1 atom stereocenters. The van der Waals surface area contributed by atoms with Crippen molar-refractivity contribution >= 4 is 49.7 Å². The molecule has 0 bridgehead atoms. The van der Waals surface area contributed by atoms with E-state index < -0.39 is 15.4 Å². The molecule has 0 spiro atoms. The summed E-state index contributed by atoms with van der Waals surface area (Å²) >= 11 is 6.78. The number of halogens is 1. The molecule has 118 valence electrons. The number of sulfonamides is 1. The number of alkyl halides is 1. The fourth-order valence-corrected chi connectivity index (χ4v) is 3.35. The predicted molar refractivity (Wildman–Crippen MR) is 85.8 cm³/mol. The molecule has 0 radical (unpaired) electrons. The third-order valence-electron chi connectivity index (χ3n) is 2.54. The Bertz CT molecular complexity index is 772. The third kappa shape index (κ3) is 4.15. The molecule has 1 heterocycles. The van der Waals surface area contributed by atoms with Crippen molar-refractivity contribution in [1.29, 1.82) is 0 Å². The highest BCUT2D eigenvalue weighted by atomic mass is 35.5. The van der Waals surface area contributed by atoms with Crippen molar-refractivity contribution in [3.8, 4) is 0 Å². The highest BCUT2D eigenvalue weighted by molar-refractivity contribution is 7.93. The first kappa shape index (κ1) is 16.7. The zero-order valence-corrected chi connectivity index (χ0v) is 14.1. The maximum absolute atomic E-state index is 12.2. The Hall–Kier alpha value is -1.71. The topological polar surface area (TPSA) is 101 Å². The minimum absolute atomic E-state index is 0.0530. The van der Waals surface area contributed by atoms with Crippen LogP contribution < -0.4 is 10.0 Å². The molecule has 0 fully saturated rings. The molecule has 0 aliphatic carbocycles. The third-order valence-corrected chi connectivity index (χ3v) is 4.98. The number of nitrogens with zero attached hydrogens (tertiary/aromatic N) is 2. The minimum Gasteiger partial charge on any atom is -0.325 e. The fraction of sp³-hybridized carbons (Fsp3) is 0.250. The van der Waals surface area contributed by atoms with E-state index in [1.54, 1.807) is 13.8 Å². The van der Waals surface area contributed by atoms with Crippen molar-refractivity contribution in [2.75, 3.05) is 10.0 Å². The van der Waals surface area contributed by atoms with Gasteiger partial charge in [-0.1, -0.05) is 11.3 Å². The van der Waals surface area contributed by atoms with Gasteiger partial charge in [-0.2, -0.15) is 0 Å². The summed E-state index contributed by atoms with van der Waals surface area (Å²) in [7, 11) is -3.74. The molecule has 0 saturated heterocycles. The van der Waals surface area contributed by atoms with Crippen LogP contribution in [-0.4, -0.2) is 29.9 Å². The number of carbonyl (C=O) groups excluding carboxylic acids is 1. The van der Waals surface area contributed by atoms with E-state index in [0.29, 0.717) is 10.7 Å². The van der Waals surface area contributed by atoms with Gasteiger partial charge in [-0.15, -0.1) is 21.8 Å². The molecule has 1 amide bonds. The van der Waals surface area contributed by atoms with Crippen LogP contribution in [0.1, 0.15) is 11.9 Å². The normalized spacial score (nSPS) is 12.7. The fourth-order valence-electron chi connectivity index (χ4n) is 1.47. The molecule has 7 nitrogen and oxygen atoms in total. The molecule has 2 N–H and O–H groups in total. The highest BCUT2D eigenvalue weighted by Gasteiger charge is 2.17. The van der Waals surface area contributed by atoms with E-state index >= 15 is 0 Å². The van der Waals surface area contributed by atoms with E-state index in [9.17, 15) is 13.2 Å². The summed E-state index contributed by atoms with van der Waals surface area (Å²) in [5.41, 5.74) is 0.461. The number of amides is 1. The van der Waals surface area contributed by atoms with E-state index in [2.05, 4.69) is 20.2 Å². The lowest BCUT2D eigenvalue weighted by atomic mass is 10.3. The van der Waals surface area contributed by atoms with Gasteiger partial charge in [-0.25, -0.2) is 8.42 Å². The maximum atomic E-state index is 12.2. The number of nitrogens with one attached hydrogen (secondary N) is 2. The zero-order chi connectivity index (χ0) is 16.3.